The molecule has 1 aromatic rings. The number of thiol groups is 1. The summed E-state index contributed by atoms with van der Waals surface area (Å²) in [5.41, 5.74) is 0.728. The molecule has 0 amide bonds. The largest absolute Gasteiger partial charge is 0.227 e. The second-order valence-corrected chi connectivity index (χ2v) is 2.56. The highest BCUT2D eigenvalue weighted by molar-refractivity contribution is 7.79. The third-order valence-electron chi connectivity index (χ3n) is 1.15. The molecule has 0 atom stereocenters. The fourth-order valence-corrected chi connectivity index (χ4v) is 0.982. The molecule has 0 saturated heterocycles. The Morgan fingerprint density at radius 2 is 2.27 bits per heavy atom. The molecule has 0 radical (unpaired) electrons. The van der Waals surface area contributed by atoms with E-state index in [1.807, 2.05) is 0 Å². The standard InChI is InChI=1S/C7H5ClFNS/c8-6-3-5(4-10-11)1-2-7(6)9/h1-4,11H. The zero-order valence-corrected chi connectivity index (χ0v) is 7.11. The summed E-state index contributed by atoms with van der Waals surface area (Å²) in [6.45, 7) is 0. The summed E-state index contributed by atoms with van der Waals surface area (Å²) in [7, 11) is 0. The number of rotatable bonds is 1. The maximum Gasteiger partial charge on any atom is 0.141 e. The minimum atomic E-state index is -0.428. The molecule has 0 aliphatic rings. The van der Waals surface area contributed by atoms with Gasteiger partial charge in [0.25, 0.3) is 0 Å². The molecular weight excluding hydrogens is 185 g/mol. The maximum atomic E-state index is 12.5. The van der Waals surface area contributed by atoms with Gasteiger partial charge in [0.05, 0.1) is 5.02 Å². The molecule has 1 rings (SSSR count). The van der Waals surface area contributed by atoms with E-state index in [2.05, 4.69) is 17.2 Å². The molecule has 0 aliphatic heterocycles. The molecule has 1 aromatic carbocycles. The average Bonchev–Trinajstić information content (AvgIpc) is 1.98. The van der Waals surface area contributed by atoms with Gasteiger partial charge < -0.3 is 0 Å². The van der Waals surface area contributed by atoms with Crippen LogP contribution in [0.3, 0.4) is 0 Å². The van der Waals surface area contributed by atoms with E-state index in [1.165, 1.54) is 18.3 Å². The normalized spacial score (nSPS) is 10.8. The van der Waals surface area contributed by atoms with Crippen molar-refractivity contribution in [2.45, 2.75) is 0 Å². The average molecular weight is 190 g/mol. The lowest BCUT2D eigenvalue weighted by molar-refractivity contribution is 0.628. The molecule has 0 bridgehead atoms. The van der Waals surface area contributed by atoms with Crippen LogP contribution >= 0.6 is 24.4 Å². The highest BCUT2D eigenvalue weighted by atomic mass is 35.5. The second kappa shape index (κ2) is 3.74. The Balaban J connectivity index is 3.05. The van der Waals surface area contributed by atoms with Crippen molar-refractivity contribution in [1.82, 2.24) is 0 Å². The summed E-state index contributed by atoms with van der Waals surface area (Å²) in [6, 6.07) is 4.34. The second-order valence-electron chi connectivity index (χ2n) is 1.92. The van der Waals surface area contributed by atoms with Gasteiger partial charge in [-0.25, -0.2) is 8.79 Å². The molecule has 11 heavy (non-hydrogen) atoms. The van der Waals surface area contributed by atoms with Gasteiger partial charge >= 0.3 is 0 Å². The first-order valence-corrected chi connectivity index (χ1v) is 3.64. The summed E-state index contributed by atoms with van der Waals surface area (Å²) in [6.07, 6.45) is 1.48. The minimum absolute atomic E-state index is 0.0933. The fourth-order valence-electron chi connectivity index (χ4n) is 0.659. The van der Waals surface area contributed by atoms with Gasteiger partial charge in [-0.1, -0.05) is 17.7 Å². The predicted molar refractivity (Wildman–Crippen MR) is 48.0 cm³/mol. The van der Waals surface area contributed by atoms with Crippen LogP contribution in [0.2, 0.25) is 5.02 Å². The number of halogens is 2. The number of benzene rings is 1. The van der Waals surface area contributed by atoms with Gasteiger partial charge in [0.2, 0.25) is 0 Å². The molecule has 0 aromatic heterocycles. The van der Waals surface area contributed by atoms with Crippen LogP contribution in [-0.4, -0.2) is 6.21 Å². The molecular formula is C7H5ClFNS. The van der Waals surface area contributed by atoms with E-state index in [9.17, 15) is 4.39 Å². The Bertz CT molecular complexity index is 288. The van der Waals surface area contributed by atoms with Crippen molar-refractivity contribution in [3.63, 3.8) is 0 Å². The number of hydrogen-bond acceptors (Lipinski definition) is 2. The van der Waals surface area contributed by atoms with Crippen LogP contribution in [-0.2, 0) is 0 Å². The summed E-state index contributed by atoms with van der Waals surface area (Å²) in [4.78, 5) is 0. The zero-order valence-electron chi connectivity index (χ0n) is 5.46. The summed E-state index contributed by atoms with van der Waals surface area (Å²) >= 11 is 9.11. The number of nitrogens with zero attached hydrogens (tertiary/aromatic N) is 1. The third kappa shape index (κ3) is 2.20. The molecule has 0 spiro atoms. The third-order valence-corrected chi connectivity index (χ3v) is 1.56. The van der Waals surface area contributed by atoms with Crippen LogP contribution in [0.4, 0.5) is 4.39 Å². The van der Waals surface area contributed by atoms with E-state index >= 15 is 0 Å². The van der Waals surface area contributed by atoms with Gasteiger partial charge in [0.1, 0.15) is 5.82 Å². The Hall–Kier alpha value is -0.540. The molecule has 0 fully saturated rings. The lowest BCUT2D eigenvalue weighted by Crippen LogP contribution is -1.82. The molecule has 0 N–H and O–H groups in total. The summed E-state index contributed by atoms with van der Waals surface area (Å²) in [5, 5.41) is 0.0933. The zero-order chi connectivity index (χ0) is 8.27. The van der Waals surface area contributed by atoms with E-state index in [1.54, 1.807) is 6.07 Å². The Kier molecular flexibility index (Phi) is 2.91. The first-order chi connectivity index (χ1) is 5.24. The Morgan fingerprint density at radius 1 is 1.55 bits per heavy atom. The van der Waals surface area contributed by atoms with E-state index in [0.717, 1.165) is 5.56 Å². The van der Waals surface area contributed by atoms with Crippen LogP contribution in [0.15, 0.2) is 22.6 Å². The van der Waals surface area contributed by atoms with Crippen LogP contribution in [0.25, 0.3) is 0 Å². The Labute approximate surface area is 74.5 Å². The minimum Gasteiger partial charge on any atom is -0.227 e. The molecule has 0 aliphatic carbocycles. The van der Waals surface area contributed by atoms with Crippen molar-refractivity contribution in [2.75, 3.05) is 0 Å². The lowest BCUT2D eigenvalue weighted by atomic mass is 10.2. The van der Waals surface area contributed by atoms with Crippen molar-refractivity contribution in [3.05, 3.63) is 34.6 Å². The van der Waals surface area contributed by atoms with Crippen molar-refractivity contribution in [2.24, 2.45) is 4.40 Å². The molecule has 58 valence electrons. The smallest absolute Gasteiger partial charge is 0.141 e. The van der Waals surface area contributed by atoms with Crippen LogP contribution in [0, 0.1) is 5.82 Å². The van der Waals surface area contributed by atoms with Crippen molar-refractivity contribution in [1.29, 1.82) is 0 Å². The summed E-state index contributed by atoms with van der Waals surface area (Å²) in [5.74, 6) is -0.428. The Morgan fingerprint density at radius 3 is 2.82 bits per heavy atom. The van der Waals surface area contributed by atoms with Crippen molar-refractivity contribution >= 4 is 30.6 Å². The maximum absolute atomic E-state index is 12.5. The van der Waals surface area contributed by atoms with Crippen LogP contribution in [0.1, 0.15) is 5.56 Å². The first kappa shape index (κ1) is 8.56. The van der Waals surface area contributed by atoms with E-state index < -0.39 is 5.82 Å². The van der Waals surface area contributed by atoms with E-state index in [4.69, 9.17) is 11.6 Å². The van der Waals surface area contributed by atoms with E-state index in [0.29, 0.717) is 0 Å². The summed E-state index contributed by atoms with van der Waals surface area (Å²) < 4.78 is 16.0. The van der Waals surface area contributed by atoms with Gasteiger partial charge in [0.15, 0.2) is 0 Å². The molecule has 1 nitrogen and oxygen atoms in total. The van der Waals surface area contributed by atoms with Gasteiger partial charge in [-0.3, -0.25) is 0 Å². The first-order valence-electron chi connectivity index (χ1n) is 2.86. The van der Waals surface area contributed by atoms with E-state index in [-0.39, 0.29) is 5.02 Å². The van der Waals surface area contributed by atoms with Gasteiger partial charge in [0, 0.05) is 6.21 Å². The van der Waals surface area contributed by atoms with Crippen LogP contribution in [0.5, 0.6) is 0 Å². The lowest BCUT2D eigenvalue weighted by Gasteiger charge is -1.94. The molecule has 0 unspecified atom stereocenters. The monoisotopic (exact) mass is 189 g/mol. The van der Waals surface area contributed by atoms with Gasteiger partial charge in [-0.2, -0.15) is 0 Å². The fraction of sp³-hybridized carbons (Fsp3) is 0. The number of hydrogen-bond donors (Lipinski definition) is 1. The molecule has 0 saturated carbocycles. The SMILES string of the molecule is Fc1ccc(C=NS)cc1Cl. The predicted octanol–water partition coefficient (Wildman–Crippen LogP) is 2.74. The molecule has 4 heteroatoms. The van der Waals surface area contributed by atoms with Crippen LogP contribution < -0.4 is 0 Å². The van der Waals surface area contributed by atoms with Crippen molar-refractivity contribution < 1.29 is 4.39 Å². The van der Waals surface area contributed by atoms with Gasteiger partial charge in [-0.15, -0.1) is 0 Å². The quantitative estimate of drug-likeness (QED) is 0.515. The van der Waals surface area contributed by atoms with Crippen molar-refractivity contribution in [3.8, 4) is 0 Å². The molecule has 0 heterocycles. The topological polar surface area (TPSA) is 12.4 Å². The highest BCUT2D eigenvalue weighted by Gasteiger charge is 1.97. The highest BCUT2D eigenvalue weighted by Crippen LogP contribution is 2.14. The van der Waals surface area contributed by atoms with Gasteiger partial charge in [-0.05, 0) is 30.5 Å².